The highest BCUT2D eigenvalue weighted by Gasteiger charge is 2.17. The molecule has 3 aromatic rings. The summed E-state index contributed by atoms with van der Waals surface area (Å²) in [5.74, 6) is 0.137. The zero-order valence-corrected chi connectivity index (χ0v) is 17.3. The number of halogens is 1. The smallest absolute Gasteiger partial charge is 0.324 e. The minimum Gasteiger partial charge on any atom is -0.324 e. The summed E-state index contributed by atoms with van der Waals surface area (Å²) in [4.78, 5) is 12.0. The summed E-state index contributed by atoms with van der Waals surface area (Å²) >= 11 is 5.82. The van der Waals surface area contributed by atoms with Crippen molar-refractivity contribution in [2.45, 2.75) is 11.8 Å². The van der Waals surface area contributed by atoms with E-state index in [-0.39, 0.29) is 16.1 Å². The second-order valence-corrected chi connectivity index (χ2v) is 9.43. The van der Waals surface area contributed by atoms with E-state index in [1.54, 1.807) is 31.2 Å². The minimum atomic E-state index is -4.69. The number of anilines is 2. The third-order valence-electron chi connectivity index (χ3n) is 3.73. The van der Waals surface area contributed by atoms with E-state index < -0.39 is 32.6 Å². The topological polar surface area (TPSA) is 148 Å². The van der Waals surface area contributed by atoms with Gasteiger partial charge in [-0.25, -0.2) is 17.6 Å². The highest BCUT2D eigenvalue weighted by molar-refractivity contribution is 7.91. The fourth-order valence-electron chi connectivity index (χ4n) is 2.50. The quantitative estimate of drug-likeness (QED) is 0.505. The molecule has 2 N–H and O–H groups in total. The lowest BCUT2D eigenvalue weighted by molar-refractivity contribution is 0.284. The maximum absolute atomic E-state index is 12.3. The number of benzene rings is 2. The van der Waals surface area contributed by atoms with Gasteiger partial charge in [0, 0.05) is 5.69 Å². The van der Waals surface area contributed by atoms with Crippen molar-refractivity contribution in [2.24, 2.45) is 0 Å². The molecule has 1 aromatic heterocycles. The van der Waals surface area contributed by atoms with Crippen LogP contribution in [-0.4, -0.2) is 48.7 Å². The lowest BCUT2D eigenvalue weighted by atomic mass is 10.1. The largest absolute Gasteiger partial charge is 0.397 e. The van der Waals surface area contributed by atoms with Gasteiger partial charge < -0.3 is 5.32 Å². The molecule has 0 atom stereocenters. The molecule has 0 unspecified atom stereocenters. The Morgan fingerprint density at radius 3 is 2.41 bits per heavy atom. The van der Waals surface area contributed by atoms with Gasteiger partial charge in [0.1, 0.15) is 5.82 Å². The normalized spacial score (nSPS) is 12.2. The number of aryl methyl sites for hydroxylation is 1. The Kier molecular flexibility index (Phi) is 6.00. The number of rotatable bonds is 7. The van der Waals surface area contributed by atoms with E-state index in [2.05, 4.69) is 24.5 Å². The first-order valence-electron chi connectivity index (χ1n) is 8.05. The van der Waals surface area contributed by atoms with Crippen LogP contribution < -0.4 is 5.32 Å². The lowest BCUT2D eigenvalue weighted by Gasteiger charge is -2.09. The third kappa shape index (κ3) is 5.81. The number of nitrogens with zero attached hydrogens (tertiary/aromatic N) is 3. The van der Waals surface area contributed by atoms with Crippen LogP contribution in [0, 0.1) is 6.92 Å². The molecule has 13 heteroatoms. The highest BCUT2D eigenvalue weighted by Crippen LogP contribution is 2.24. The van der Waals surface area contributed by atoms with Crippen LogP contribution in [0.25, 0.3) is 10.8 Å². The van der Waals surface area contributed by atoms with Crippen LogP contribution in [-0.2, 0) is 24.4 Å². The van der Waals surface area contributed by atoms with Crippen LogP contribution in [0.3, 0.4) is 0 Å². The van der Waals surface area contributed by atoms with Gasteiger partial charge in [0.15, 0.2) is 9.84 Å². The summed E-state index contributed by atoms with van der Waals surface area (Å²) in [6, 6.07) is 9.68. The first-order chi connectivity index (χ1) is 13.5. The molecule has 0 saturated heterocycles. The van der Waals surface area contributed by atoms with E-state index in [4.69, 9.17) is 16.2 Å². The molecule has 3 rings (SSSR count). The van der Waals surface area contributed by atoms with Crippen molar-refractivity contribution >= 4 is 54.2 Å². The molecule has 0 aliphatic carbocycles. The molecule has 0 fully saturated rings. The minimum absolute atomic E-state index is 0.00419. The highest BCUT2D eigenvalue weighted by atomic mass is 35.5. The molecule has 154 valence electrons. The average molecular weight is 459 g/mol. The standard InChI is InChI=1S/C16H15ClN4O6S2/c1-10-18-15(17)21-16(19-10)20-13-4-2-12-9-14(5-3-11(12)8-13)28(22,23)7-6-27-29(24,25)26/h2-5,8-9H,6-7H2,1H3,(H,24,25,26)(H,18,19,20,21). The van der Waals surface area contributed by atoms with Gasteiger partial charge in [0.2, 0.25) is 11.2 Å². The first kappa shape index (κ1) is 21.3. The van der Waals surface area contributed by atoms with Crippen molar-refractivity contribution in [1.29, 1.82) is 0 Å². The number of hydrogen-bond donors (Lipinski definition) is 2. The second-order valence-electron chi connectivity index (χ2n) is 5.89. The van der Waals surface area contributed by atoms with Gasteiger partial charge in [-0.2, -0.15) is 18.4 Å². The molecule has 2 aromatic carbocycles. The van der Waals surface area contributed by atoms with E-state index in [1.165, 1.54) is 12.1 Å². The molecule has 0 radical (unpaired) electrons. The molecule has 10 nitrogen and oxygen atoms in total. The summed E-state index contributed by atoms with van der Waals surface area (Å²) in [5.41, 5.74) is 0.663. The maximum atomic E-state index is 12.3. The van der Waals surface area contributed by atoms with Crippen molar-refractivity contribution in [1.82, 2.24) is 15.0 Å². The van der Waals surface area contributed by atoms with Crippen molar-refractivity contribution < 1.29 is 25.6 Å². The van der Waals surface area contributed by atoms with Gasteiger partial charge in [0.05, 0.1) is 17.3 Å². The number of sulfone groups is 1. The zero-order valence-electron chi connectivity index (χ0n) is 14.9. The van der Waals surface area contributed by atoms with Crippen LogP contribution in [0.1, 0.15) is 5.82 Å². The number of nitrogens with one attached hydrogen (secondary N) is 1. The summed E-state index contributed by atoms with van der Waals surface area (Å²) in [6.45, 7) is 0.998. The zero-order chi connectivity index (χ0) is 21.2. The molecule has 1 heterocycles. The summed E-state index contributed by atoms with van der Waals surface area (Å²) in [6.07, 6.45) is 0. The Labute approximate surface area is 171 Å². The SMILES string of the molecule is Cc1nc(Cl)nc(Nc2ccc3cc(S(=O)(=O)CCOS(=O)(=O)O)ccc3c2)n1. The lowest BCUT2D eigenvalue weighted by Crippen LogP contribution is -2.15. The predicted octanol–water partition coefficient (Wildman–Crippen LogP) is 2.32. The van der Waals surface area contributed by atoms with E-state index in [9.17, 15) is 16.8 Å². The van der Waals surface area contributed by atoms with Gasteiger partial charge in [0.25, 0.3) is 0 Å². The number of aromatic nitrogens is 3. The monoisotopic (exact) mass is 458 g/mol. The predicted molar refractivity (Wildman–Crippen MR) is 106 cm³/mol. The van der Waals surface area contributed by atoms with Crippen molar-refractivity contribution in [2.75, 3.05) is 17.7 Å². The van der Waals surface area contributed by atoms with Crippen LogP contribution in [0.2, 0.25) is 5.28 Å². The third-order valence-corrected chi connectivity index (χ3v) is 6.04. The average Bonchev–Trinajstić information content (AvgIpc) is 2.59. The molecule has 0 amide bonds. The van der Waals surface area contributed by atoms with Crippen molar-refractivity contribution in [3.05, 3.63) is 47.5 Å². The Bertz CT molecular complexity index is 1260. The molecule has 29 heavy (non-hydrogen) atoms. The molecule has 0 bridgehead atoms. The van der Waals surface area contributed by atoms with Gasteiger partial charge in [-0.1, -0.05) is 12.1 Å². The van der Waals surface area contributed by atoms with Gasteiger partial charge in [-0.3, -0.25) is 4.55 Å². The first-order valence-corrected chi connectivity index (χ1v) is 11.4. The fraction of sp³-hybridized carbons (Fsp3) is 0.188. The van der Waals surface area contributed by atoms with Gasteiger partial charge in [-0.15, -0.1) is 0 Å². The fourth-order valence-corrected chi connectivity index (χ4v) is 4.22. The Morgan fingerprint density at radius 2 is 1.72 bits per heavy atom. The van der Waals surface area contributed by atoms with E-state index in [0.717, 1.165) is 5.39 Å². The molecular formula is C16H15ClN4O6S2. The van der Waals surface area contributed by atoms with Crippen molar-refractivity contribution in [3.63, 3.8) is 0 Å². The maximum Gasteiger partial charge on any atom is 0.397 e. The van der Waals surface area contributed by atoms with Crippen LogP contribution in [0.5, 0.6) is 0 Å². The Hall–Kier alpha value is -2.38. The number of fused-ring (bicyclic) bond motifs is 1. The van der Waals surface area contributed by atoms with E-state index in [0.29, 0.717) is 16.9 Å². The second kappa shape index (κ2) is 8.16. The van der Waals surface area contributed by atoms with Gasteiger partial charge in [-0.05, 0) is 53.6 Å². The molecule has 0 aliphatic rings. The van der Waals surface area contributed by atoms with Crippen molar-refractivity contribution in [3.8, 4) is 0 Å². The van der Waals surface area contributed by atoms with E-state index >= 15 is 0 Å². The van der Waals surface area contributed by atoms with Crippen LogP contribution in [0.15, 0.2) is 41.3 Å². The summed E-state index contributed by atoms with van der Waals surface area (Å²) < 4.78 is 58.3. The molecule has 0 spiro atoms. The Morgan fingerprint density at radius 1 is 1.03 bits per heavy atom. The Balaban J connectivity index is 1.81. The van der Waals surface area contributed by atoms with E-state index in [1.807, 2.05) is 0 Å². The van der Waals surface area contributed by atoms with Gasteiger partial charge >= 0.3 is 10.4 Å². The van der Waals surface area contributed by atoms with Crippen LogP contribution in [0.4, 0.5) is 11.6 Å². The summed E-state index contributed by atoms with van der Waals surface area (Å²) in [7, 11) is -8.49. The molecule has 0 saturated carbocycles. The molecular weight excluding hydrogens is 444 g/mol. The molecule has 0 aliphatic heterocycles. The van der Waals surface area contributed by atoms with Crippen LogP contribution >= 0.6 is 11.6 Å². The number of hydrogen-bond acceptors (Lipinski definition) is 9. The summed E-state index contributed by atoms with van der Waals surface area (Å²) in [5, 5.41) is 4.47.